The Labute approximate surface area is 125 Å². The molecule has 0 aliphatic heterocycles. The number of aromatic amines is 1. The highest BCUT2D eigenvalue weighted by Gasteiger charge is 2.18. The normalized spacial score (nSPS) is 12.3. The van der Waals surface area contributed by atoms with Gasteiger partial charge in [-0.3, -0.25) is 9.89 Å². The second-order valence-corrected chi connectivity index (χ2v) is 5.60. The van der Waals surface area contributed by atoms with Gasteiger partial charge in [-0.05, 0) is 31.4 Å². The first-order valence-corrected chi connectivity index (χ1v) is 7.34. The SMILES string of the molecule is Cc1cnc([C@@H](C)NC(=O)c2cc(-c3cccs3)[nH]n2)o1. The Hall–Kier alpha value is -2.41. The highest BCUT2D eigenvalue weighted by Crippen LogP contribution is 2.23. The summed E-state index contributed by atoms with van der Waals surface area (Å²) >= 11 is 1.59. The van der Waals surface area contributed by atoms with Crippen molar-refractivity contribution in [3.05, 3.63) is 47.1 Å². The standard InChI is InChI=1S/C14H14N4O2S/c1-8-7-15-14(20-8)9(2)16-13(19)11-6-10(17-18-11)12-4-3-5-21-12/h3-7,9H,1-2H3,(H,16,19)(H,17,18)/t9-/m1/s1. The monoisotopic (exact) mass is 302 g/mol. The minimum absolute atomic E-state index is 0.266. The summed E-state index contributed by atoms with van der Waals surface area (Å²) in [5, 5.41) is 11.7. The fourth-order valence-electron chi connectivity index (χ4n) is 1.90. The average Bonchev–Trinajstić information content (AvgIpc) is 3.19. The molecule has 7 heteroatoms. The molecule has 21 heavy (non-hydrogen) atoms. The molecule has 0 saturated carbocycles. The van der Waals surface area contributed by atoms with Crippen molar-refractivity contribution in [3.63, 3.8) is 0 Å². The van der Waals surface area contributed by atoms with Gasteiger partial charge in [0, 0.05) is 0 Å². The van der Waals surface area contributed by atoms with Gasteiger partial charge in [-0.2, -0.15) is 5.10 Å². The number of nitrogens with one attached hydrogen (secondary N) is 2. The molecule has 0 aliphatic rings. The molecule has 0 spiro atoms. The van der Waals surface area contributed by atoms with Gasteiger partial charge in [0.1, 0.15) is 11.8 Å². The van der Waals surface area contributed by atoms with Gasteiger partial charge >= 0.3 is 0 Å². The van der Waals surface area contributed by atoms with Crippen molar-refractivity contribution >= 4 is 17.2 Å². The lowest BCUT2D eigenvalue weighted by molar-refractivity contribution is 0.0929. The first-order valence-electron chi connectivity index (χ1n) is 6.46. The number of nitrogens with zero attached hydrogens (tertiary/aromatic N) is 2. The van der Waals surface area contributed by atoms with Gasteiger partial charge in [0.25, 0.3) is 5.91 Å². The quantitative estimate of drug-likeness (QED) is 0.776. The summed E-state index contributed by atoms with van der Waals surface area (Å²) in [5.74, 6) is 0.929. The molecular weight excluding hydrogens is 288 g/mol. The summed E-state index contributed by atoms with van der Waals surface area (Å²) in [6.45, 7) is 3.63. The zero-order valence-electron chi connectivity index (χ0n) is 11.6. The van der Waals surface area contributed by atoms with E-state index in [0.29, 0.717) is 17.3 Å². The van der Waals surface area contributed by atoms with Crippen LogP contribution in [0.5, 0.6) is 0 Å². The van der Waals surface area contributed by atoms with Crippen LogP contribution in [-0.2, 0) is 0 Å². The lowest BCUT2D eigenvalue weighted by Gasteiger charge is -2.08. The summed E-state index contributed by atoms with van der Waals surface area (Å²) in [7, 11) is 0. The molecule has 2 N–H and O–H groups in total. The molecule has 0 aromatic carbocycles. The van der Waals surface area contributed by atoms with Crippen LogP contribution < -0.4 is 5.32 Å². The number of carbonyl (C=O) groups excluding carboxylic acids is 1. The molecule has 3 aromatic rings. The number of aryl methyl sites for hydroxylation is 1. The molecule has 0 aliphatic carbocycles. The minimum atomic E-state index is -0.312. The molecule has 3 heterocycles. The second kappa shape index (κ2) is 5.53. The van der Waals surface area contributed by atoms with Gasteiger partial charge in [-0.25, -0.2) is 4.98 Å². The zero-order chi connectivity index (χ0) is 14.8. The van der Waals surface area contributed by atoms with Crippen LogP contribution in [-0.4, -0.2) is 21.1 Å². The van der Waals surface area contributed by atoms with Gasteiger partial charge in [0.2, 0.25) is 5.89 Å². The van der Waals surface area contributed by atoms with Crippen LogP contribution in [0.2, 0.25) is 0 Å². The van der Waals surface area contributed by atoms with Crippen molar-refractivity contribution in [1.29, 1.82) is 0 Å². The van der Waals surface area contributed by atoms with Crippen LogP contribution in [0.25, 0.3) is 10.6 Å². The second-order valence-electron chi connectivity index (χ2n) is 4.65. The first kappa shape index (κ1) is 13.6. The molecule has 6 nitrogen and oxygen atoms in total. The Balaban J connectivity index is 1.71. The van der Waals surface area contributed by atoms with Crippen molar-refractivity contribution in [2.45, 2.75) is 19.9 Å². The Bertz CT molecular complexity index is 745. The Morgan fingerprint density at radius 1 is 1.52 bits per heavy atom. The van der Waals surface area contributed by atoms with Gasteiger partial charge in [0.05, 0.1) is 16.8 Å². The smallest absolute Gasteiger partial charge is 0.272 e. The summed E-state index contributed by atoms with van der Waals surface area (Å²) < 4.78 is 5.39. The molecule has 0 fully saturated rings. The number of H-pyrrole nitrogens is 1. The Kier molecular flexibility index (Phi) is 3.57. The number of rotatable bonds is 4. The predicted molar refractivity (Wildman–Crippen MR) is 79.0 cm³/mol. The topological polar surface area (TPSA) is 83.8 Å². The van der Waals surface area contributed by atoms with Crippen molar-refractivity contribution in [2.75, 3.05) is 0 Å². The van der Waals surface area contributed by atoms with Gasteiger partial charge in [-0.1, -0.05) is 6.07 Å². The Morgan fingerprint density at radius 3 is 3.05 bits per heavy atom. The van der Waals surface area contributed by atoms with Crippen LogP contribution >= 0.6 is 11.3 Å². The summed E-state index contributed by atoms with van der Waals surface area (Å²) in [5.41, 5.74) is 1.17. The largest absolute Gasteiger partial charge is 0.444 e. The van der Waals surface area contributed by atoms with E-state index >= 15 is 0 Å². The molecular formula is C14H14N4O2S. The van der Waals surface area contributed by atoms with Crippen LogP contribution in [0, 0.1) is 6.92 Å². The maximum atomic E-state index is 12.2. The third-order valence-corrected chi connectivity index (χ3v) is 3.86. The fraction of sp³-hybridized carbons (Fsp3) is 0.214. The average molecular weight is 302 g/mol. The van der Waals surface area contributed by atoms with Gasteiger partial charge in [-0.15, -0.1) is 11.3 Å². The van der Waals surface area contributed by atoms with E-state index in [1.165, 1.54) is 0 Å². The van der Waals surface area contributed by atoms with Gasteiger partial charge < -0.3 is 9.73 Å². The molecule has 1 amide bonds. The Morgan fingerprint density at radius 2 is 2.38 bits per heavy atom. The molecule has 0 saturated heterocycles. The van der Waals surface area contributed by atoms with Crippen molar-refractivity contribution in [1.82, 2.24) is 20.5 Å². The van der Waals surface area contributed by atoms with E-state index in [4.69, 9.17) is 4.42 Å². The van der Waals surface area contributed by atoms with Crippen molar-refractivity contribution in [2.24, 2.45) is 0 Å². The third kappa shape index (κ3) is 2.87. The highest BCUT2D eigenvalue weighted by atomic mass is 32.1. The maximum Gasteiger partial charge on any atom is 0.272 e. The van der Waals surface area contributed by atoms with Crippen molar-refractivity contribution < 1.29 is 9.21 Å². The number of amides is 1. The van der Waals surface area contributed by atoms with E-state index in [9.17, 15) is 4.79 Å². The lowest BCUT2D eigenvalue weighted by Crippen LogP contribution is -2.27. The van der Waals surface area contributed by atoms with Crippen LogP contribution in [0.4, 0.5) is 0 Å². The van der Waals surface area contributed by atoms with Crippen LogP contribution in [0.1, 0.15) is 35.1 Å². The summed E-state index contributed by atoms with van der Waals surface area (Å²) in [4.78, 5) is 17.3. The van der Waals surface area contributed by atoms with Gasteiger partial charge in [0.15, 0.2) is 5.69 Å². The molecule has 3 aromatic heterocycles. The number of oxazole rings is 1. The number of carbonyl (C=O) groups is 1. The van der Waals surface area contributed by atoms with Crippen LogP contribution in [0.15, 0.2) is 34.2 Å². The maximum absolute atomic E-state index is 12.2. The number of aromatic nitrogens is 3. The third-order valence-electron chi connectivity index (χ3n) is 2.95. The van der Waals surface area contributed by atoms with E-state index in [1.54, 1.807) is 23.6 Å². The molecule has 0 unspecified atom stereocenters. The zero-order valence-corrected chi connectivity index (χ0v) is 12.4. The lowest BCUT2D eigenvalue weighted by atomic mass is 10.2. The number of hydrogen-bond donors (Lipinski definition) is 2. The fourth-order valence-corrected chi connectivity index (χ4v) is 2.59. The first-order chi connectivity index (χ1) is 10.1. The summed E-state index contributed by atoms with van der Waals surface area (Å²) in [6, 6.07) is 5.34. The minimum Gasteiger partial charge on any atom is -0.444 e. The number of hydrogen-bond acceptors (Lipinski definition) is 5. The van der Waals surface area contributed by atoms with Crippen molar-refractivity contribution in [3.8, 4) is 10.6 Å². The molecule has 3 rings (SSSR count). The van der Waals surface area contributed by atoms with E-state index in [1.807, 2.05) is 31.4 Å². The van der Waals surface area contributed by atoms with E-state index < -0.39 is 0 Å². The molecule has 0 bridgehead atoms. The predicted octanol–water partition coefficient (Wildman–Crippen LogP) is 2.93. The molecule has 108 valence electrons. The van der Waals surface area contributed by atoms with E-state index in [2.05, 4.69) is 20.5 Å². The van der Waals surface area contributed by atoms with E-state index in [-0.39, 0.29) is 11.9 Å². The summed E-state index contributed by atoms with van der Waals surface area (Å²) in [6.07, 6.45) is 1.63. The van der Waals surface area contributed by atoms with E-state index in [0.717, 1.165) is 10.6 Å². The highest BCUT2D eigenvalue weighted by molar-refractivity contribution is 7.13. The molecule has 1 atom stereocenters. The van der Waals surface area contributed by atoms with Crippen LogP contribution in [0.3, 0.4) is 0 Å². The molecule has 0 radical (unpaired) electrons. The number of thiophene rings is 1.